The minimum absolute atomic E-state index is 0.0633. The maximum atomic E-state index is 12.8. The number of anilines is 1. The van der Waals surface area contributed by atoms with Gasteiger partial charge in [-0.05, 0) is 56.0 Å². The summed E-state index contributed by atoms with van der Waals surface area (Å²) in [4.78, 5) is 31.5. The van der Waals surface area contributed by atoms with E-state index in [0.717, 1.165) is 18.6 Å². The minimum atomic E-state index is -0.339. The van der Waals surface area contributed by atoms with Crippen molar-refractivity contribution >= 4 is 28.8 Å². The first-order chi connectivity index (χ1) is 14.5. The Labute approximate surface area is 178 Å². The number of rotatable bonds is 5. The van der Waals surface area contributed by atoms with Crippen molar-refractivity contribution in [1.29, 1.82) is 0 Å². The molecule has 0 unspecified atom stereocenters. The minimum Gasteiger partial charge on any atom is -0.459 e. The van der Waals surface area contributed by atoms with Crippen molar-refractivity contribution in [1.82, 2.24) is 9.88 Å². The largest absolute Gasteiger partial charge is 0.459 e. The van der Waals surface area contributed by atoms with Crippen molar-refractivity contribution in [3.05, 3.63) is 58.8 Å². The average molecular weight is 426 g/mol. The number of carbonyl (C=O) groups is 2. The van der Waals surface area contributed by atoms with Gasteiger partial charge in [0.1, 0.15) is 11.5 Å². The van der Waals surface area contributed by atoms with Gasteiger partial charge in [0.25, 0.3) is 11.8 Å². The molecule has 3 heterocycles. The number of carbonyl (C=O) groups excluding carboxylic acids is 2. The molecule has 2 N–H and O–H groups in total. The number of piperidine rings is 1. The molecule has 1 aromatic carbocycles. The zero-order chi connectivity index (χ0) is 21.1. The fourth-order valence-electron chi connectivity index (χ4n) is 3.47. The summed E-state index contributed by atoms with van der Waals surface area (Å²) < 4.78 is 5.55. The van der Waals surface area contributed by atoms with Gasteiger partial charge in [-0.2, -0.15) is 0 Å². The molecule has 7 nitrogen and oxygen atoms in total. The monoisotopic (exact) mass is 425 g/mol. The van der Waals surface area contributed by atoms with Crippen molar-refractivity contribution in [2.24, 2.45) is 5.92 Å². The SMILES string of the molecule is Cc1ccc(-c2nc(C(=O)Nc3cccc(C(=O)N4CCC(CO)CC4)c3)cs2)o1. The number of aliphatic hydroxyl groups excluding tert-OH is 1. The number of amides is 2. The zero-order valence-corrected chi connectivity index (χ0v) is 17.4. The normalized spacial score (nSPS) is 14.7. The summed E-state index contributed by atoms with van der Waals surface area (Å²) in [6.07, 6.45) is 1.61. The van der Waals surface area contributed by atoms with Crippen LogP contribution in [0.3, 0.4) is 0 Å². The third-order valence-corrected chi connectivity index (χ3v) is 6.07. The number of nitrogens with one attached hydrogen (secondary N) is 1. The summed E-state index contributed by atoms with van der Waals surface area (Å²) in [6.45, 7) is 3.29. The lowest BCUT2D eigenvalue weighted by Gasteiger charge is -2.31. The molecule has 0 radical (unpaired) electrons. The molecule has 2 aromatic heterocycles. The molecule has 1 aliphatic rings. The number of thiazole rings is 1. The molecule has 0 saturated carbocycles. The standard InChI is InChI=1S/C22H23N3O4S/c1-14-5-6-19(29-14)21-24-18(13-30-21)20(27)23-17-4-2-3-16(11-17)22(28)25-9-7-15(12-26)8-10-25/h2-6,11,13,15,26H,7-10,12H2,1H3,(H,23,27). The van der Waals surface area contributed by atoms with Crippen molar-refractivity contribution in [2.45, 2.75) is 19.8 Å². The van der Waals surface area contributed by atoms with Crippen LogP contribution in [0.2, 0.25) is 0 Å². The van der Waals surface area contributed by atoms with Crippen LogP contribution in [0.5, 0.6) is 0 Å². The fraction of sp³-hybridized carbons (Fsp3) is 0.318. The Morgan fingerprint density at radius 3 is 2.77 bits per heavy atom. The second-order valence-electron chi connectivity index (χ2n) is 7.40. The molecule has 0 aliphatic carbocycles. The Balaban J connectivity index is 1.42. The fourth-order valence-corrected chi connectivity index (χ4v) is 4.23. The number of aliphatic hydroxyl groups is 1. The molecule has 0 bridgehead atoms. The maximum Gasteiger partial charge on any atom is 0.275 e. The van der Waals surface area contributed by atoms with Gasteiger partial charge in [0.05, 0.1) is 0 Å². The van der Waals surface area contributed by atoms with Crippen molar-refractivity contribution in [3.63, 3.8) is 0 Å². The first-order valence-corrected chi connectivity index (χ1v) is 10.8. The highest BCUT2D eigenvalue weighted by Gasteiger charge is 2.23. The van der Waals surface area contributed by atoms with E-state index in [1.807, 2.05) is 19.1 Å². The second kappa shape index (κ2) is 8.81. The smallest absolute Gasteiger partial charge is 0.275 e. The van der Waals surface area contributed by atoms with Crippen LogP contribution in [0.25, 0.3) is 10.8 Å². The van der Waals surface area contributed by atoms with E-state index in [2.05, 4.69) is 10.3 Å². The van der Waals surface area contributed by atoms with E-state index in [1.54, 1.807) is 34.5 Å². The number of nitrogens with zero attached hydrogens (tertiary/aromatic N) is 2. The molecule has 1 saturated heterocycles. The number of aryl methyl sites for hydroxylation is 1. The highest BCUT2D eigenvalue weighted by atomic mass is 32.1. The molecule has 1 aliphatic heterocycles. The molecule has 30 heavy (non-hydrogen) atoms. The van der Waals surface area contributed by atoms with E-state index in [9.17, 15) is 14.7 Å². The van der Waals surface area contributed by atoms with Crippen molar-refractivity contribution < 1.29 is 19.1 Å². The topological polar surface area (TPSA) is 95.7 Å². The van der Waals surface area contributed by atoms with Crippen LogP contribution in [0.4, 0.5) is 5.69 Å². The van der Waals surface area contributed by atoms with Gasteiger partial charge in [-0.15, -0.1) is 11.3 Å². The van der Waals surface area contributed by atoms with Crippen molar-refractivity contribution in [2.75, 3.05) is 25.0 Å². The van der Waals surface area contributed by atoms with E-state index in [0.29, 0.717) is 40.8 Å². The van der Waals surface area contributed by atoms with Gasteiger partial charge in [0.2, 0.25) is 0 Å². The highest BCUT2D eigenvalue weighted by Crippen LogP contribution is 2.26. The Morgan fingerprint density at radius 2 is 2.07 bits per heavy atom. The number of hydrogen-bond donors (Lipinski definition) is 2. The molecule has 0 atom stereocenters. The lowest BCUT2D eigenvalue weighted by molar-refractivity contribution is 0.0650. The first kappa shape index (κ1) is 20.3. The van der Waals surface area contributed by atoms with Gasteiger partial charge in [0, 0.05) is 36.3 Å². The van der Waals surface area contributed by atoms with Gasteiger partial charge in [-0.1, -0.05) is 6.07 Å². The molecule has 4 rings (SSSR count). The molecular weight excluding hydrogens is 402 g/mol. The van der Waals surface area contributed by atoms with Crippen molar-refractivity contribution in [3.8, 4) is 10.8 Å². The Kier molecular flexibility index (Phi) is 5.96. The molecule has 8 heteroatoms. The third-order valence-electron chi connectivity index (χ3n) is 5.22. The maximum absolute atomic E-state index is 12.8. The number of furan rings is 1. The number of aromatic nitrogens is 1. The number of benzene rings is 1. The van der Waals surface area contributed by atoms with Crippen LogP contribution >= 0.6 is 11.3 Å². The molecule has 1 fully saturated rings. The van der Waals surface area contributed by atoms with Crippen LogP contribution in [0.1, 0.15) is 39.4 Å². The lowest BCUT2D eigenvalue weighted by atomic mass is 9.97. The zero-order valence-electron chi connectivity index (χ0n) is 16.6. The van der Waals surface area contributed by atoms with Gasteiger partial charge in [0.15, 0.2) is 10.8 Å². The second-order valence-corrected chi connectivity index (χ2v) is 8.26. The van der Waals surface area contributed by atoms with Crippen LogP contribution in [0.15, 0.2) is 46.2 Å². The number of likely N-dealkylation sites (tertiary alicyclic amines) is 1. The predicted octanol–water partition coefficient (Wildman–Crippen LogP) is 3.81. The quantitative estimate of drug-likeness (QED) is 0.648. The molecule has 0 spiro atoms. The van der Waals surface area contributed by atoms with E-state index < -0.39 is 0 Å². The van der Waals surface area contributed by atoms with E-state index in [1.165, 1.54) is 11.3 Å². The molecule has 2 amide bonds. The summed E-state index contributed by atoms with van der Waals surface area (Å²) in [5.41, 5.74) is 1.37. The summed E-state index contributed by atoms with van der Waals surface area (Å²) in [7, 11) is 0. The van der Waals surface area contributed by atoms with Gasteiger partial charge in [-0.25, -0.2) is 4.98 Å². The Bertz CT molecular complexity index is 1050. The van der Waals surface area contributed by atoms with Crippen LogP contribution in [0, 0.1) is 12.8 Å². The predicted molar refractivity (Wildman–Crippen MR) is 115 cm³/mol. The Morgan fingerprint density at radius 1 is 1.27 bits per heavy atom. The summed E-state index contributed by atoms with van der Waals surface area (Å²) >= 11 is 1.34. The van der Waals surface area contributed by atoms with Crippen LogP contribution in [-0.4, -0.2) is 46.5 Å². The van der Waals surface area contributed by atoms with Crippen LogP contribution in [-0.2, 0) is 0 Å². The third kappa shape index (κ3) is 4.44. The van der Waals surface area contributed by atoms with E-state index >= 15 is 0 Å². The summed E-state index contributed by atoms with van der Waals surface area (Å²) in [5.74, 6) is 1.29. The van der Waals surface area contributed by atoms with Gasteiger partial charge >= 0.3 is 0 Å². The van der Waals surface area contributed by atoms with Gasteiger partial charge in [-0.3, -0.25) is 9.59 Å². The average Bonchev–Trinajstić information content (AvgIpc) is 3.43. The summed E-state index contributed by atoms with van der Waals surface area (Å²) in [5, 5.41) is 14.4. The van der Waals surface area contributed by atoms with E-state index in [4.69, 9.17) is 4.42 Å². The molecule has 156 valence electrons. The van der Waals surface area contributed by atoms with Gasteiger partial charge < -0.3 is 19.7 Å². The molecule has 3 aromatic rings. The number of hydrogen-bond acceptors (Lipinski definition) is 6. The lowest BCUT2D eigenvalue weighted by Crippen LogP contribution is -2.39. The Hall–Kier alpha value is -2.97. The molecular formula is C22H23N3O4S. The van der Waals surface area contributed by atoms with E-state index in [-0.39, 0.29) is 24.3 Å². The first-order valence-electron chi connectivity index (χ1n) is 9.87. The van der Waals surface area contributed by atoms with Crippen LogP contribution < -0.4 is 5.32 Å². The highest BCUT2D eigenvalue weighted by molar-refractivity contribution is 7.13. The summed E-state index contributed by atoms with van der Waals surface area (Å²) in [6, 6.07) is 10.6.